The molecule has 1 amide bonds. The molecule has 0 bridgehead atoms. The average molecular weight is 394 g/mol. The van der Waals surface area contributed by atoms with E-state index in [9.17, 15) is 18.0 Å². The van der Waals surface area contributed by atoms with Gasteiger partial charge in [-0.05, 0) is 30.9 Å². The highest BCUT2D eigenvalue weighted by Gasteiger charge is 2.31. The zero-order chi connectivity index (χ0) is 18.8. The highest BCUT2D eigenvalue weighted by molar-refractivity contribution is 7.98. The SMILES string of the molecule is CCC(C(=O)Nc1cc(C(F)(F)F)ccc1Cl)n1c(N)nnc1SC. The maximum absolute atomic E-state index is 12.8. The Bertz CT molecular complexity index is 780. The molecule has 3 N–H and O–H groups in total. The predicted octanol–water partition coefficient (Wildman–Crippen LogP) is 3.84. The number of thioether (sulfide) groups is 1. The fourth-order valence-corrected chi connectivity index (χ4v) is 2.92. The first kappa shape index (κ1) is 19.4. The molecule has 0 aliphatic rings. The van der Waals surface area contributed by atoms with E-state index in [-0.39, 0.29) is 16.7 Å². The van der Waals surface area contributed by atoms with Crippen molar-refractivity contribution in [1.82, 2.24) is 14.8 Å². The zero-order valence-corrected chi connectivity index (χ0v) is 14.8. The second-order valence-corrected chi connectivity index (χ2v) is 6.20. The van der Waals surface area contributed by atoms with E-state index >= 15 is 0 Å². The molecule has 25 heavy (non-hydrogen) atoms. The third-order valence-electron chi connectivity index (χ3n) is 3.43. The summed E-state index contributed by atoms with van der Waals surface area (Å²) < 4.78 is 40.0. The van der Waals surface area contributed by atoms with Crippen LogP contribution in [0.15, 0.2) is 23.4 Å². The van der Waals surface area contributed by atoms with Crippen LogP contribution >= 0.6 is 23.4 Å². The van der Waals surface area contributed by atoms with E-state index in [1.807, 2.05) is 0 Å². The molecule has 0 saturated carbocycles. The minimum Gasteiger partial charge on any atom is -0.368 e. The monoisotopic (exact) mass is 393 g/mol. The van der Waals surface area contributed by atoms with Crippen LogP contribution in [-0.4, -0.2) is 26.9 Å². The van der Waals surface area contributed by atoms with Gasteiger partial charge in [0.15, 0.2) is 5.16 Å². The van der Waals surface area contributed by atoms with Gasteiger partial charge in [0.25, 0.3) is 0 Å². The fraction of sp³-hybridized carbons (Fsp3) is 0.357. The van der Waals surface area contributed by atoms with E-state index < -0.39 is 23.7 Å². The van der Waals surface area contributed by atoms with Crippen molar-refractivity contribution in [1.29, 1.82) is 0 Å². The molecule has 11 heteroatoms. The third kappa shape index (κ3) is 4.18. The molecule has 1 unspecified atom stereocenters. The zero-order valence-electron chi connectivity index (χ0n) is 13.3. The minimum absolute atomic E-state index is 0.00183. The Morgan fingerprint density at radius 2 is 2.12 bits per heavy atom. The van der Waals surface area contributed by atoms with Crippen LogP contribution < -0.4 is 11.1 Å². The Morgan fingerprint density at radius 1 is 1.44 bits per heavy atom. The molecule has 0 aliphatic heterocycles. The summed E-state index contributed by atoms with van der Waals surface area (Å²) in [6.45, 7) is 1.74. The second-order valence-electron chi connectivity index (χ2n) is 5.02. The van der Waals surface area contributed by atoms with Crippen LogP contribution in [0.5, 0.6) is 0 Å². The summed E-state index contributed by atoms with van der Waals surface area (Å²) in [4.78, 5) is 12.6. The van der Waals surface area contributed by atoms with Crippen molar-refractivity contribution in [3.63, 3.8) is 0 Å². The van der Waals surface area contributed by atoms with E-state index in [0.717, 1.165) is 18.2 Å². The standard InChI is InChI=1S/C14H15ClF3N5OS/c1-3-10(23-12(19)21-22-13(23)25-2)11(24)20-9-6-7(14(16,17)18)4-5-8(9)15/h4-6,10H,3H2,1-2H3,(H2,19,21)(H,20,24). The van der Waals surface area contributed by atoms with Crippen molar-refractivity contribution in [3.8, 4) is 0 Å². The minimum atomic E-state index is -4.54. The maximum atomic E-state index is 12.8. The van der Waals surface area contributed by atoms with Gasteiger partial charge in [-0.15, -0.1) is 10.2 Å². The molecular weight excluding hydrogens is 379 g/mol. The Kier molecular flexibility index (Phi) is 5.83. The molecule has 1 heterocycles. The van der Waals surface area contributed by atoms with Crippen molar-refractivity contribution in [2.24, 2.45) is 0 Å². The summed E-state index contributed by atoms with van der Waals surface area (Å²) in [6, 6.07) is 1.93. The molecule has 6 nitrogen and oxygen atoms in total. The molecule has 0 saturated heterocycles. The van der Waals surface area contributed by atoms with Crippen LogP contribution in [-0.2, 0) is 11.0 Å². The van der Waals surface area contributed by atoms with Gasteiger partial charge in [-0.25, -0.2) is 0 Å². The number of halogens is 4. The smallest absolute Gasteiger partial charge is 0.368 e. The molecule has 1 atom stereocenters. The van der Waals surface area contributed by atoms with Gasteiger partial charge < -0.3 is 11.1 Å². The van der Waals surface area contributed by atoms with Crippen LogP contribution in [0.2, 0.25) is 5.02 Å². The summed E-state index contributed by atoms with van der Waals surface area (Å²) in [6.07, 6.45) is -2.47. The lowest BCUT2D eigenvalue weighted by atomic mass is 10.1. The number of aromatic nitrogens is 3. The van der Waals surface area contributed by atoms with E-state index in [4.69, 9.17) is 17.3 Å². The molecule has 0 aliphatic carbocycles. The molecule has 2 aromatic rings. The number of nitrogens with two attached hydrogens (primary N) is 1. The van der Waals surface area contributed by atoms with E-state index in [0.29, 0.717) is 11.6 Å². The molecule has 0 radical (unpaired) electrons. The van der Waals surface area contributed by atoms with E-state index in [1.165, 1.54) is 16.3 Å². The van der Waals surface area contributed by atoms with E-state index in [1.54, 1.807) is 13.2 Å². The van der Waals surface area contributed by atoms with Gasteiger partial charge in [-0.2, -0.15) is 13.2 Å². The first-order chi connectivity index (χ1) is 11.7. The highest BCUT2D eigenvalue weighted by atomic mass is 35.5. The van der Waals surface area contributed by atoms with Crippen LogP contribution in [0, 0.1) is 0 Å². The van der Waals surface area contributed by atoms with Gasteiger partial charge in [0.1, 0.15) is 6.04 Å². The Morgan fingerprint density at radius 3 is 2.68 bits per heavy atom. The van der Waals surface area contributed by atoms with Crippen molar-refractivity contribution in [2.75, 3.05) is 17.3 Å². The van der Waals surface area contributed by atoms with Gasteiger partial charge >= 0.3 is 6.18 Å². The molecule has 2 rings (SSSR count). The number of amides is 1. The summed E-state index contributed by atoms with van der Waals surface area (Å²) >= 11 is 7.16. The number of rotatable bonds is 5. The van der Waals surface area contributed by atoms with Crippen LogP contribution in [0.1, 0.15) is 24.9 Å². The number of carbonyl (C=O) groups is 1. The van der Waals surface area contributed by atoms with Crippen molar-refractivity contribution < 1.29 is 18.0 Å². The predicted molar refractivity (Wildman–Crippen MR) is 90.6 cm³/mol. The topological polar surface area (TPSA) is 85.8 Å². The fourth-order valence-electron chi connectivity index (χ4n) is 2.22. The second kappa shape index (κ2) is 7.52. The van der Waals surface area contributed by atoms with Crippen LogP contribution in [0.25, 0.3) is 0 Å². The largest absolute Gasteiger partial charge is 0.416 e. The van der Waals surface area contributed by atoms with Gasteiger partial charge in [-0.3, -0.25) is 9.36 Å². The molecular formula is C14H15ClF3N5OS. The number of nitrogens with zero attached hydrogens (tertiary/aromatic N) is 3. The van der Waals surface area contributed by atoms with Crippen LogP contribution in [0.3, 0.4) is 0 Å². The summed E-state index contributed by atoms with van der Waals surface area (Å²) in [5.74, 6) is -0.521. The normalized spacial score (nSPS) is 12.9. The van der Waals surface area contributed by atoms with Gasteiger partial charge in [-0.1, -0.05) is 30.3 Å². The molecule has 1 aromatic carbocycles. The van der Waals surface area contributed by atoms with Gasteiger partial charge in [0, 0.05) is 0 Å². The number of hydrogen-bond donors (Lipinski definition) is 2. The lowest BCUT2D eigenvalue weighted by Gasteiger charge is -2.19. The molecule has 136 valence electrons. The number of nitrogens with one attached hydrogen (secondary N) is 1. The lowest BCUT2D eigenvalue weighted by molar-refractivity contribution is -0.137. The quantitative estimate of drug-likeness (QED) is 0.754. The number of benzene rings is 1. The van der Waals surface area contributed by atoms with Gasteiger partial charge in [0.05, 0.1) is 16.3 Å². The lowest BCUT2D eigenvalue weighted by Crippen LogP contribution is -2.27. The first-order valence-corrected chi connectivity index (χ1v) is 8.71. The Labute approximate surface area is 150 Å². The summed E-state index contributed by atoms with van der Waals surface area (Å²) in [7, 11) is 0. The van der Waals surface area contributed by atoms with Crippen molar-refractivity contribution in [3.05, 3.63) is 28.8 Å². The Hall–Kier alpha value is -1.94. The third-order valence-corrected chi connectivity index (χ3v) is 4.40. The molecule has 0 spiro atoms. The first-order valence-electron chi connectivity index (χ1n) is 7.11. The van der Waals surface area contributed by atoms with Crippen molar-refractivity contribution in [2.45, 2.75) is 30.7 Å². The highest BCUT2D eigenvalue weighted by Crippen LogP contribution is 2.34. The number of carbonyl (C=O) groups excluding carboxylic acids is 1. The number of nitrogen functional groups attached to an aromatic ring is 1. The van der Waals surface area contributed by atoms with Gasteiger partial charge in [0.2, 0.25) is 11.9 Å². The molecule has 0 fully saturated rings. The summed E-state index contributed by atoms with van der Waals surface area (Å²) in [5, 5.41) is 10.4. The molecule has 1 aromatic heterocycles. The van der Waals surface area contributed by atoms with Crippen LogP contribution in [0.4, 0.5) is 24.8 Å². The van der Waals surface area contributed by atoms with Crippen molar-refractivity contribution >= 4 is 40.9 Å². The number of alkyl halides is 3. The average Bonchev–Trinajstić information content (AvgIpc) is 2.90. The number of anilines is 2. The van der Waals surface area contributed by atoms with E-state index in [2.05, 4.69) is 15.5 Å². The summed E-state index contributed by atoms with van der Waals surface area (Å²) in [5.41, 5.74) is 4.72. The number of hydrogen-bond acceptors (Lipinski definition) is 5. The maximum Gasteiger partial charge on any atom is 0.416 e. The Balaban J connectivity index is 2.33.